The maximum absolute atomic E-state index is 5.43. The molecule has 1 heterocycles. The van der Waals surface area contributed by atoms with Gasteiger partial charge in [-0.15, -0.1) is 0 Å². The first-order valence-corrected chi connectivity index (χ1v) is 8.77. The van der Waals surface area contributed by atoms with Gasteiger partial charge in [-0.2, -0.15) is 0 Å². The molecule has 0 saturated heterocycles. The molecule has 1 unspecified atom stereocenters. The molecule has 0 bridgehead atoms. The number of nitrogens with one attached hydrogen (secondary N) is 1. The summed E-state index contributed by atoms with van der Waals surface area (Å²) < 4.78 is 5.43. The molecule has 0 radical (unpaired) electrons. The predicted molar refractivity (Wildman–Crippen MR) is 91.5 cm³/mol. The fraction of sp³-hybridized carbons (Fsp3) is 0.684. The molecule has 118 valence electrons. The Kier molecular flexibility index (Phi) is 6.91. The minimum Gasteiger partial charge on any atom is -0.495 e. The summed E-state index contributed by atoms with van der Waals surface area (Å²) in [6, 6.07) is 6.42. The summed E-state index contributed by atoms with van der Waals surface area (Å²) in [6.45, 7) is 3.36. The van der Waals surface area contributed by atoms with Gasteiger partial charge in [0.15, 0.2) is 0 Å². The van der Waals surface area contributed by atoms with Gasteiger partial charge in [-0.3, -0.25) is 0 Å². The van der Waals surface area contributed by atoms with Crippen LogP contribution in [-0.4, -0.2) is 13.7 Å². The molecule has 1 aromatic carbocycles. The molecule has 0 aliphatic carbocycles. The van der Waals surface area contributed by atoms with Crippen LogP contribution >= 0.6 is 0 Å². The summed E-state index contributed by atoms with van der Waals surface area (Å²) in [4.78, 5) is 0. The highest BCUT2D eigenvalue weighted by Crippen LogP contribution is 2.40. The Morgan fingerprint density at radius 2 is 1.76 bits per heavy atom. The molecule has 2 nitrogen and oxygen atoms in total. The van der Waals surface area contributed by atoms with Crippen molar-refractivity contribution >= 4 is 5.69 Å². The molecule has 0 fully saturated rings. The standard InChI is InChI=1S/C19H31NO/c1-3-4-5-6-7-8-9-10-12-16-15-20-19-17(16)13-11-14-18(19)21-2/h11,13-14,16,20H,3-10,12,15H2,1-2H3. The Labute approximate surface area is 130 Å². The first-order chi connectivity index (χ1) is 10.4. The van der Waals surface area contributed by atoms with E-state index >= 15 is 0 Å². The van der Waals surface area contributed by atoms with E-state index in [1.165, 1.54) is 69.0 Å². The molecule has 1 aliphatic rings. The van der Waals surface area contributed by atoms with Crippen molar-refractivity contribution in [2.24, 2.45) is 0 Å². The summed E-state index contributed by atoms with van der Waals surface area (Å²) in [5.41, 5.74) is 2.68. The van der Waals surface area contributed by atoms with Crippen LogP contribution in [0.3, 0.4) is 0 Å². The highest BCUT2D eigenvalue weighted by Gasteiger charge is 2.23. The van der Waals surface area contributed by atoms with E-state index in [-0.39, 0.29) is 0 Å². The summed E-state index contributed by atoms with van der Waals surface area (Å²) in [6.07, 6.45) is 12.5. The largest absolute Gasteiger partial charge is 0.495 e. The smallest absolute Gasteiger partial charge is 0.142 e. The van der Waals surface area contributed by atoms with Gasteiger partial charge >= 0.3 is 0 Å². The van der Waals surface area contributed by atoms with Crippen LogP contribution in [0.25, 0.3) is 0 Å². The maximum atomic E-state index is 5.43. The molecule has 2 rings (SSSR count). The van der Waals surface area contributed by atoms with Crippen molar-refractivity contribution in [2.75, 3.05) is 19.0 Å². The number of methoxy groups -OCH3 is 1. The second-order valence-electron chi connectivity index (χ2n) is 6.27. The number of benzene rings is 1. The van der Waals surface area contributed by atoms with Crippen molar-refractivity contribution in [1.29, 1.82) is 0 Å². The number of ether oxygens (including phenoxy) is 1. The summed E-state index contributed by atoms with van der Waals surface area (Å²) in [7, 11) is 1.75. The zero-order chi connectivity index (χ0) is 14.9. The minimum absolute atomic E-state index is 0.676. The average Bonchev–Trinajstić information content (AvgIpc) is 2.93. The van der Waals surface area contributed by atoms with Crippen molar-refractivity contribution in [3.63, 3.8) is 0 Å². The molecule has 1 atom stereocenters. The molecule has 1 aliphatic heterocycles. The van der Waals surface area contributed by atoms with Crippen LogP contribution in [0.2, 0.25) is 0 Å². The van der Waals surface area contributed by atoms with Gasteiger partial charge in [0.2, 0.25) is 0 Å². The van der Waals surface area contributed by atoms with E-state index in [0.29, 0.717) is 5.92 Å². The van der Waals surface area contributed by atoms with Crippen molar-refractivity contribution in [1.82, 2.24) is 0 Å². The lowest BCUT2D eigenvalue weighted by atomic mass is 9.94. The van der Waals surface area contributed by atoms with Gasteiger partial charge in [-0.25, -0.2) is 0 Å². The van der Waals surface area contributed by atoms with E-state index in [0.717, 1.165) is 12.3 Å². The van der Waals surface area contributed by atoms with E-state index < -0.39 is 0 Å². The van der Waals surface area contributed by atoms with Crippen LogP contribution in [-0.2, 0) is 0 Å². The van der Waals surface area contributed by atoms with Gasteiger partial charge < -0.3 is 10.1 Å². The molecule has 0 aromatic heterocycles. The van der Waals surface area contributed by atoms with Gasteiger partial charge in [0.05, 0.1) is 12.8 Å². The normalized spacial score (nSPS) is 16.6. The Morgan fingerprint density at radius 1 is 1.05 bits per heavy atom. The first kappa shape index (κ1) is 16.2. The number of unbranched alkanes of at least 4 members (excludes halogenated alkanes) is 7. The molecule has 1 N–H and O–H groups in total. The maximum Gasteiger partial charge on any atom is 0.142 e. The van der Waals surface area contributed by atoms with Crippen LogP contribution in [0.4, 0.5) is 5.69 Å². The number of hydrogen-bond acceptors (Lipinski definition) is 2. The molecule has 1 aromatic rings. The van der Waals surface area contributed by atoms with Gasteiger partial charge in [0, 0.05) is 12.5 Å². The monoisotopic (exact) mass is 289 g/mol. The quantitative estimate of drug-likeness (QED) is 0.555. The second-order valence-corrected chi connectivity index (χ2v) is 6.27. The average molecular weight is 289 g/mol. The lowest BCUT2D eigenvalue weighted by Crippen LogP contribution is -2.01. The van der Waals surface area contributed by atoms with Crippen LogP contribution in [0.5, 0.6) is 5.75 Å². The van der Waals surface area contributed by atoms with E-state index in [9.17, 15) is 0 Å². The highest BCUT2D eigenvalue weighted by molar-refractivity contribution is 5.66. The summed E-state index contributed by atoms with van der Waals surface area (Å²) in [5, 5.41) is 3.52. The molecular formula is C19H31NO. The minimum atomic E-state index is 0.676. The fourth-order valence-electron chi connectivity index (χ4n) is 3.36. The number of anilines is 1. The van der Waals surface area contributed by atoms with Gasteiger partial charge in [-0.1, -0.05) is 70.4 Å². The predicted octanol–water partition coefficient (Wildman–Crippen LogP) is 5.74. The van der Waals surface area contributed by atoms with Gasteiger partial charge in [0.25, 0.3) is 0 Å². The Bertz CT molecular complexity index is 416. The first-order valence-electron chi connectivity index (χ1n) is 8.77. The van der Waals surface area contributed by atoms with Crippen LogP contribution < -0.4 is 10.1 Å². The van der Waals surface area contributed by atoms with E-state index in [1.54, 1.807) is 7.11 Å². The van der Waals surface area contributed by atoms with Crippen LogP contribution in [0.15, 0.2) is 18.2 Å². The number of rotatable bonds is 10. The van der Waals surface area contributed by atoms with Crippen LogP contribution in [0.1, 0.15) is 76.2 Å². The Hall–Kier alpha value is -1.18. The molecule has 0 amide bonds. The van der Waals surface area contributed by atoms with E-state index in [1.807, 2.05) is 6.07 Å². The second kappa shape index (κ2) is 8.96. The molecule has 2 heteroatoms. The summed E-state index contributed by atoms with van der Waals surface area (Å²) in [5.74, 6) is 1.67. The third kappa shape index (κ3) is 4.66. The Balaban J connectivity index is 1.65. The lowest BCUT2D eigenvalue weighted by Gasteiger charge is -2.10. The third-order valence-corrected chi connectivity index (χ3v) is 4.65. The van der Waals surface area contributed by atoms with E-state index in [4.69, 9.17) is 4.74 Å². The molecule has 0 spiro atoms. The Morgan fingerprint density at radius 3 is 2.48 bits per heavy atom. The van der Waals surface area contributed by atoms with Crippen molar-refractivity contribution in [2.45, 2.75) is 70.6 Å². The van der Waals surface area contributed by atoms with E-state index in [2.05, 4.69) is 24.4 Å². The van der Waals surface area contributed by atoms with Crippen LogP contribution in [0, 0.1) is 0 Å². The lowest BCUT2D eigenvalue weighted by molar-refractivity contribution is 0.416. The topological polar surface area (TPSA) is 21.3 Å². The third-order valence-electron chi connectivity index (χ3n) is 4.65. The number of fused-ring (bicyclic) bond motifs is 1. The van der Waals surface area contributed by atoms with Gasteiger partial charge in [-0.05, 0) is 18.1 Å². The van der Waals surface area contributed by atoms with Crippen molar-refractivity contribution in [3.8, 4) is 5.75 Å². The highest BCUT2D eigenvalue weighted by atomic mass is 16.5. The van der Waals surface area contributed by atoms with Gasteiger partial charge in [0.1, 0.15) is 5.75 Å². The zero-order valence-corrected chi connectivity index (χ0v) is 13.8. The SMILES string of the molecule is CCCCCCCCCCC1CNc2c(OC)cccc21. The van der Waals surface area contributed by atoms with Crippen molar-refractivity contribution < 1.29 is 4.74 Å². The number of para-hydroxylation sites is 1. The molecule has 21 heavy (non-hydrogen) atoms. The number of hydrogen-bond donors (Lipinski definition) is 1. The zero-order valence-electron chi connectivity index (χ0n) is 13.8. The molecule has 0 saturated carbocycles. The molecular weight excluding hydrogens is 258 g/mol. The van der Waals surface area contributed by atoms with Crippen molar-refractivity contribution in [3.05, 3.63) is 23.8 Å². The summed E-state index contributed by atoms with van der Waals surface area (Å²) >= 11 is 0. The fourth-order valence-corrected chi connectivity index (χ4v) is 3.36.